The lowest BCUT2D eigenvalue weighted by molar-refractivity contribution is -0.132. The number of allylic oxidation sites excluding steroid dienone is 3. The van der Waals surface area contributed by atoms with Crippen LogP contribution in [0.2, 0.25) is 0 Å². The van der Waals surface area contributed by atoms with Gasteiger partial charge in [-0.05, 0) is 19.9 Å². The number of aliphatic carboxylic acids is 1. The lowest BCUT2D eigenvalue weighted by atomic mass is 10.2. The van der Waals surface area contributed by atoms with Crippen molar-refractivity contribution in [2.24, 2.45) is 0 Å². The third kappa shape index (κ3) is 4.15. The number of rotatable bonds is 4. The van der Waals surface area contributed by atoms with Crippen LogP contribution < -0.4 is 0 Å². The Kier molecular flexibility index (Phi) is 4.59. The highest BCUT2D eigenvalue weighted by atomic mass is 16.5. The summed E-state index contributed by atoms with van der Waals surface area (Å²) in [4.78, 5) is 10.5. The molecule has 0 atom stereocenters. The van der Waals surface area contributed by atoms with Gasteiger partial charge in [0.05, 0.1) is 12.7 Å². The number of carboxylic acid groups (broad SMARTS) is 1. The van der Waals surface area contributed by atoms with Gasteiger partial charge in [-0.15, -0.1) is 0 Å². The molecule has 3 nitrogen and oxygen atoms in total. The Labute approximate surface area is 78.0 Å². The van der Waals surface area contributed by atoms with E-state index in [9.17, 15) is 4.79 Å². The topological polar surface area (TPSA) is 46.5 Å². The Balaban J connectivity index is 4.70. The molecule has 0 aromatic carbocycles. The molecule has 0 radical (unpaired) electrons. The Hall–Kier alpha value is -1.51. The molecule has 0 fully saturated rings. The van der Waals surface area contributed by atoms with Crippen molar-refractivity contribution in [2.45, 2.75) is 13.8 Å². The first-order valence-electron chi connectivity index (χ1n) is 3.80. The molecule has 0 aromatic rings. The monoisotopic (exact) mass is 182 g/mol. The Morgan fingerprint density at radius 1 is 1.38 bits per heavy atom. The van der Waals surface area contributed by atoms with E-state index in [0.717, 1.165) is 5.57 Å². The quantitative estimate of drug-likeness (QED) is 0.411. The molecular formula is C10H14O3. The second-order valence-corrected chi connectivity index (χ2v) is 2.76. The average molecular weight is 182 g/mol. The summed E-state index contributed by atoms with van der Waals surface area (Å²) in [6.07, 6.45) is 3.36. The number of carbonyl (C=O) groups is 1. The molecule has 0 spiro atoms. The molecular weight excluding hydrogens is 168 g/mol. The van der Waals surface area contributed by atoms with Gasteiger partial charge in [-0.3, -0.25) is 0 Å². The number of methoxy groups -OCH3 is 1. The van der Waals surface area contributed by atoms with E-state index >= 15 is 0 Å². The van der Waals surface area contributed by atoms with Gasteiger partial charge in [0.25, 0.3) is 0 Å². The normalized spacial score (nSPS) is 10.5. The lowest BCUT2D eigenvalue weighted by Crippen LogP contribution is -2.03. The van der Waals surface area contributed by atoms with Crippen LogP contribution in [0.1, 0.15) is 13.8 Å². The Morgan fingerprint density at radius 3 is 2.23 bits per heavy atom. The van der Waals surface area contributed by atoms with Crippen molar-refractivity contribution in [3.63, 3.8) is 0 Å². The molecule has 0 saturated heterocycles. The summed E-state index contributed by atoms with van der Waals surface area (Å²) in [6.45, 7) is 7.20. The highest BCUT2D eigenvalue weighted by Gasteiger charge is 2.09. The summed E-state index contributed by atoms with van der Waals surface area (Å²) in [6, 6.07) is 0. The summed E-state index contributed by atoms with van der Waals surface area (Å²) >= 11 is 0. The van der Waals surface area contributed by atoms with Crippen LogP contribution >= 0.6 is 0 Å². The minimum atomic E-state index is -1.07. The molecule has 0 aliphatic rings. The SMILES string of the molecule is C=C(C(=O)O)/C(=C\C=C(C)C)OC. The van der Waals surface area contributed by atoms with Crippen molar-refractivity contribution < 1.29 is 14.6 Å². The fourth-order valence-electron chi connectivity index (χ4n) is 0.640. The zero-order valence-electron chi connectivity index (χ0n) is 8.13. The molecule has 0 aliphatic heterocycles. The van der Waals surface area contributed by atoms with Crippen LogP contribution in [0.15, 0.2) is 35.6 Å². The number of hydrogen-bond donors (Lipinski definition) is 1. The van der Waals surface area contributed by atoms with Gasteiger partial charge in [-0.2, -0.15) is 0 Å². The third-order valence-corrected chi connectivity index (χ3v) is 1.34. The van der Waals surface area contributed by atoms with Crippen molar-refractivity contribution in [1.29, 1.82) is 0 Å². The van der Waals surface area contributed by atoms with Crippen LogP contribution in [0.5, 0.6) is 0 Å². The second-order valence-electron chi connectivity index (χ2n) is 2.76. The van der Waals surface area contributed by atoms with Crippen LogP contribution in [0.25, 0.3) is 0 Å². The lowest BCUT2D eigenvalue weighted by Gasteiger charge is -2.03. The van der Waals surface area contributed by atoms with E-state index < -0.39 is 5.97 Å². The number of carboxylic acids is 1. The maximum atomic E-state index is 10.5. The highest BCUT2D eigenvalue weighted by Crippen LogP contribution is 2.09. The smallest absolute Gasteiger partial charge is 0.338 e. The summed E-state index contributed by atoms with van der Waals surface area (Å²) in [5, 5.41) is 8.61. The fourth-order valence-corrected chi connectivity index (χ4v) is 0.640. The van der Waals surface area contributed by atoms with E-state index in [2.05, 4.69) is 6.58 Å². The molecule has 1 N–H and O–H groups in total. The van der Waals surface area contributed by atoms with Crippen molar-refractivity contribution >= 4 is 5.97 Å². The molecule has 3 heteroatoms. The van der Waals surface area contributed by atoms with Crippen molar-refractivity contribution in [3.05, 3.63) is 35.6 Å². The van der Waals surface area contributed by atoms with Crippen LogP contribution in [-0.4, -0.2) is 18.2 Å². The van der Waals surface area contributed by atoms with Gasteiger partial charge in [0.2, 0.25) is 0 Å². The zero-order valence-corrected chi connectivity index (χ0v) is 8.13. The maximum Gasteiger partial charge on any atom is 0.338 e. The summed E-state index contributed by atoms with van der Waals surface area (Å²) < 4.78 is 4.86. The van der Waals surface area contributed by atoms with E-state index in [4.69, 9.17) is 9.84 Å². The van der Waals surface area contributed by atoms with Crippen LogP contribution in [0, 0.1) is 0 Å². The van der Waals surface area contributed by atoms with Gasteiger partial charge in [-0.1, -0.05) is 18.2 Å². The molecule has 0 heterocycles. The van der Waals surface area contributed by atoms with E-state index in [-0.39, 0.29) is 11.3 Å². The summed E-state index contributed by atoms with van der Waals surface area (Å²) in [5.41, 5.74) is 1.02. The minimum Gasteiger partial charge on any atom is -0.496 e. The van der Waals surface area contributed by atoms with Gasteiger partial charge in [0.1, 0.15) is 5.76 Å². The highest BCUT2D eigenvalue weighted by molar-refractivity contribution is 5.90. The van der Waals surface area contributed by atoms with Crippen molar-refractivity contribution in [3.8, 4) is 0 Å². The van der Waals surface area contributed by atoms with Gasteiger partial charge < -0.3 is 9.84 Å². The molecule has 13 heavy (non-hydrogen) atoms. The molecule has 0 bridgehead atoms. The first kappa shape index (κ1) is 11.5. The van der Waals surface area contributed by atoms with Gasteiger partial charge >= 0.3 is 5.97 Å². The number of hydrogen-bond acceptors (Lipinski definition) is 2. The van der Waals surface area contributed by atoms with Crippen molar-refractivity contribution in [2.75, 3.05) is 7.11 Å². The Bertz CT molecular complexity index is 268. The first-order chi connectivity index (χ1) is 5.99. The summed E-state index contributed by atoms with van der Waals surface area (Å²) in [5.74, 6) is -0.802. The molecule has 0 rings (SSSR count). The van der Waals surface area contributed by atoms with Gasteiger partial charge in [0, 0.05) is 0 Å². The van der Waals surface area contributed by atoms with E-state index in [1.54, 1.807) is 12.2 Å². The van der Waals surface area contributed by atoms with Crippen LogP contribution in [0.3, 0.4) is 0 Å². The maximum absolute atomic E-state index is 10.5. The van der Waals surface area contributed by atoms with Crippen LogP contribution in [-0.2, 0) is 9.53 Å². The zero-order chi connectivity index (χ0) is 10.4. The molecule has 0 saturated carbocycles. The average Bonchev–Trinajstić information content (AvgIpc) is 2.04. The molecule has 72 valence electrons. The largest absolute Gasteiger partial charge is 0.496 e. The van der Waals surface area contributed by atoms with Crippen LogP contribution in [0.4, 0.5) is 0 Å². The van der Waals surface area contributed by atoms with Crippen molar-refractivity contribution in [1.82, 2.24) is 0 Å². The first-order valence-corrected chi connectivity index (χ1v) is 3.80. The predicted octanol–water partition coefficient (Wildman–Crippen LogP) is 2.12. The second kappa shape index (κ2) is 5.19. The van der Waals surface area contributed by atoms with E-state index in [1.165, 1.54) is 7.11 Å². The minimum absolute atomic E-state index is 0.0417. The number of ether oxygens (including phenoxy) is 1. The third-order valence-electron chi connectivity index (χ3n) is 1.34. The van der Waals surface area contributed by atoms with Gasteiger partial charge in [-0.25, -0.2) is 4.79 Å². The van der Waals surface area contributed by atoms with Gasteiger partial charge in [0.15, 0.2) is 0 Å². The fraction of sp³-hybridized carbons (Fsp3) is 0.300. The molecule has 0 aliphatic carbocycles. The standard InChI is InChI=1S/C10H14O3/c1-7(2)5-6-9(13-4)8(3)10(11)12/h5-6H,3H2,1-2,4H3,(H,11,12)/b9-6+. The van der Waals surface area contributed by atoms with E-state index in [0.29, 0.717) is 0 Å². The Morgan fingerprint density at radius 2 is 1.92 bits per heavy atom. The van der Waals surface area contributed by atoms with E-state index in [1.807, 2.05) is 13.8 Å². The molecule has 0 aromatic heterocycles. The molecule has 0 unspecified atom stereocenters. The molecule has 0 amide bonds. The predicted molar refractivity (Wildman–Crippen MR) is 51.3 cm³/mol. The summed E-state index contributed by atoms with van der Waals surface area (Å²) in [7, 11) is 1.42.